The maximum atomic E-state index is 12.9. The second kappa shape index (κ2) is 9.13. The van der Waals surface area contributed by atoms with Crippen LogP contribution in [0, 0.1) is 12.7 Å². The van der Waals surface area contributed by atoms with Crippen molar-refractivity contribution in [3.8, 4) is 0 Å². The number of carbonyl (C=O) groups is 1. The minimum Gasteiger partial charge on any atom is -0.334 e. The van der Waals surface area contributed by atoms with Crippen molar-refractivity contribution in [1.29, 1.82) is 0 Å². The van der Waals surface area contributed by atoms with Gasteiger partial charge in [-0.1, -0.05) is 48.0 Å². The number of nitrogens with one attached hydrogen (secondary N) is 2. The molecule has 2 N–H and O–H groups in total. The molecule has 1 aliphatic rings. The Morgan fingerprint density at radius 2 is 1.77 bits per heavy atom. The van der Waals surface area contributed by atoms with Gasteiger partial charge in [-0.25, -0.2) is 14.2 Å². The monoisotopic (exact) mass is 419 g/mol. The van der Waals surface area contributed by atoms with E-state index >= 15 is 0 Å². The molecule has 4 nitrogen and oxygen atoms in total. The van der Waals surface area contributed by atoms with E-state index in [0.717, 1.165) is 28.5 Å². The molecule has 0 radical (unpaired) electrons. The zero-order valence-corrected chi connectivity index (χ0v) is 17.4. The number of thioether (sulfide) groups is 1. The van der Waals surface area contributed by atoms with Crippen LogP contribution in [-0.2, 0) is 18.7 Å². The van der Waals surface area contributed by atoms with Crippen LogP contribution < -0.4 is 10.6 Å². The fourth-order valence-electron chi connectivity index (χ4n) is 3.13. The lowest BCUT2D eigenvalue weighted by Crippen LogP contribution is -2.28. The summed E-state index contributed by atoms with van der Waals surface area (Å²) in [5.74, 6) is 0.600. The lowest BCUT2D eigenvalue weighted by molar-refractivity contribution is 0.251. The lowest BCUT2D eigenvalue weighted by atomic mass is 10.1. The van der Waals surface area contributed by atoms with Gasteiger partial charge in [-0.3, -0.25) is 0 Å². The molecule has 30 heavy (non-hydrogen) atoms. The summed E-state index contributed by atoms with van der Waals surface area (Å²) in [7, 11) is 0. The van der Waals surface area contributed by atoms with Crippen LogP contribution in [0.25, 0.3) is 0 Å². The number of anilines is 1. The average molecular weight is 420 g/mol. The van der Waals surface area contributed by atoms with Gasteiger partial charge in [0, 0.05) is 24.4 Å². The number of nitrogens with zero attached hydrogens (tertiary/aromatic N) is 1. The molecule has 0 saturated heterocycles. The van der Waals surface area contributed by atoms with Gasteiger partial charge < -0.3 is 10.6 Å². The van der Waals surface area contributed by atoms with E-state index in [1.165, 1.54) is 28.8 Å². The Bertz CT molecular complexity index is 1080. The van der Waals surface area contributed by atoms with Crippen LogP contribution in [0.15, 0.2) is 71.7 Å². The zero-order valence-electron chi connectivity index (χ0n) is 16.6. The molecule has 0 aromatic heterocycles. The third kappa shape index (κ3) is 5.27. The predicted octanol–water partition coefficient (Wildman–Crippen LogP) is 5.98. The number of urea groups is 1. The molecule has 2 amide bonds. The number of halogens is 1. The molecule has 1 aliphatic heterocycles. The van der Waals surface area contributed by atoms with Gasteiger partial charge in [0.05, 0.1) is 10.7 Å². The molecular weight excluding hydrogens is 397 g/mol. The van der Waals surface area contributed by atoms with Gasteiger partial charge in [-0.2, -0.15) is 0 Å². The number of hydrogen-bond acceptors (Lipinski definition) is 3. The first-order valence-electron chi connectivity index (χ1n) is 9.73. The molecule has 0 spiro atoms. The number of rotatable bonds is 5. The normalized spacial score (nSPS) is 12.3. The summed E-state index contributed by atoms with van der Waals surface area (Å²) in [4.78, 5) is 16.9. The van der Waals surface area contributed by atoms with Gasteiger partial charge in [-0.05, 0) is 47.9 Å². The topological polar surface area (TPSA) is 53.5 Å². The lowest BCUT2D eigenvalue weighted by Gasteiger charge is -2.08. The molecule has 0 bridgehead atoms. The van der Waals surface area contributed by atoms with Crippen molar-refractivity contribution in [3.63, 3.8) is 0 Å². The molecule has 3 aromatic rings. The van der Waals surface area contributed by atoms with Gasteiger partial charge in [0.15, 0.2) is 0 Å². The third-order valence-electron chi connectivity index (χ3n) is 4.82. The van der Waals surface area contributed by atoms with E-state index in [9.17, 15) is 9.18 Å². The van der Waals surface area contributed by atoms with Gasteiger partial charge in [0.2, 0.25) is 0 Å². The van der Waals surface area contributed by atoms with Crippen molar-refractivity contribution in [2.45, 2.75) is 25.6 Å². The Balaban J connectivity index is 1.31. The summed E-state index contributed by atoms with van der Waals surface area (Å²) >= 11 is 1.75. The minimum atomic E-state index is -0.310. The van der Waals surface area contributed by atoms with Gasteiger partial charge >= 0.3 is 6.03 Å². The van der Waals surface area contributed by atoms with Crippen LogP contribution in [0.3, 0.4) is 0 Å². The van der Waals surface area contributed by atoms with E-state index < -0.39 is 0 Å². The van der Waals surface area contributed by atoms with E-state index in [2.05, 4.69) is 41.8 Å². The number of amides is 2. The summed E-state index contributed by atoms with van der Waals surface area (Å²) in [6.45, 7) is 2.41. The van der Waals surface area contributed by atoms with Crippen molar-refractivity contribution in [2.75, 3.05) is 5.32 Å². The van der Waals surface area contributed by atoms with Crippen molar-refractivity contribution < 1.29 is 9.18 Å². The number of carbonyl (C=O) groups excluding carboxylic acids is 1. The molecule has 4 rings (SSSR count). The number of fused-ring (bicyclic) bond motifs is 1. The van der Waals surface area contributed by atoms with Crippen LogP contribution in [-0.4, -0.2) is 11.1 Å². The molecule has 1 heterocycles. The Morgan fingerprint density at radius 3 is 2.53 bits per heavy atom. The zero-order chi connectivity index (χ0) is 20.9. The van der Waals surface area contributed by atoms with Crippen molar-refractivity contribution in [2.24, 2.45) is 4.99 Å². The average Bonchev–Trinajstić information content (AvgIpc) is 3.15. The highest BCUT2D eigenvalue weighted by Crippen LogP contribution is 2.33. The van der Waals surface area contributed by atoms with Crippen LogP contribution >= 0.6 is 11.8 Å². The van der Waals surface area contributed by atoms with Crippen LogP contribution in [0.1, 0.15) is 22.3 Å². The Labute approximate surface area is 179 Å². The fourth-order valence-corrected chi connectivity index (χ4v) is 4.07. The first-order chi connectivity index (χ1) is 14.5. The smallest absolute Gasteiger partial charge is 0.319 e. The van der Waals surface area contributed by atoms with Crippen LogP contribution in [0.4, 0.5) is 20.6 Å². The molecule has 0 saturated carbocycles. The SMILES string of the molecule is Cc1ccc(CSC2=Nc3cc(NC(=O)NCc4ccc(F)cc4)ccc3C2)cc1. The van der Waals surface area contributed by atoms with Crippen LogP contribution in [0.2, 0.25) is 0 Å². The van der Waals surface area contributed by atoms with E-state index in [-0.39, 0.29) is 11.8 Å². The van der Waals surface area contributed by atoms with Crippen molar-refractivity contribution in [3.05, 3.63) is 94.8 Å². The second-order valence-electron chi connectivity index (χ2n) is 7.23. The number of aryl methyl sites for hydroxylation is 1. The fraction of sp³-hybridized carbons (Fsp3) is 0.167. The van der Waals surface area contributed by atoms with E-state index in [1.807, 2.05) is 18.2 Å². The summed E-state index contributed by atoms with van der Waals surface area (Å²) in [5, 5.41) is 6.69. The Morgan fingerprint density at radius 1 is 1.03 bits per heavy atom. The third-order valence-corrected chi connectivity index (χ3v) is 5.87. The van der Waals surface area contributed by atoms with E-state index in [4.69, 9.17) is 4.99 Å². The number of hydrogen-bond donors (Lipinski definition) is 2. The quantitative estimate of drug-likeness (QED) is 0.535. The standard InChI is InChI=1S/C24H22FN3OS/c1-16-2-4-18(5-3-16)15-30-23-12-19-8-11-21(13-22(19)28-23)27-24(29)26-14-17-6-9-20(25)10-7-17/h2-11,13H,12,14-15H2,1H3,(H2,26,27,29). The maximum Gasteiger partial charge on any atom is 0.319 e. The van der Waals surface area contributed by atoms with E-state index in [0.29, 0.717) is 12.2 Å². The molecule has 152 valence electrons. The summed E-state index contributed by atoms with van der Waals surface area (Å²) in [5.41, 5.74) is 6.14. The van der Waals surface area contributed by atoms with Crippen molar-refractivity contribution in [1.82, 2.24) is 5.32 Å². The molecule has 0 unspecified atom stereocenters. The first kappa shape index (κ1) is 20.2. The minimum absolute atomic E-state index is 0.293. The van der Waals surface area contributed by atoms with Crippen LogP contribution in [0.5, 0.6) is 0 Å². The summed E-state index contributed by atoms with van der Waals surface area (Å²) in [6.07, 6.45) is 0.822. The van der Waals surface area contributed by atoms with Gasteiger partial charge in [0.1, 0.15) is 5.82 Å². The highest BCUT2D eigenvalue weighted by molar-refractivity contribution is 8.13. The highest BCUT2D eigenvalue weighted by Gasteiger charge is 2.16. The summed E-state index contributed by atoms with van der Waals surface area (Å²) < 4.78 is 12.9. The first-order valence-corrected chi connectivity index (χ1v) is 10.7. The molecule has 3 aromatic carbocycles. The molecular formula is C24H22FN3OS. The molecule has 0 atom stereocenters. The molecule has 0 fully saturated rings. The Kier molecular flexibility index (Phi) is 6.14. The molecule has 6 heteroatoms. The summed E-state index contributed by atoms with van der Waals surface area (Å²) in [6, 6.07) is 20.1. The van der Waals surface area contributed by atoms with Gasteiger partial charge in [-0.15, -0.1) is 11.8 Å². The second-order valence-corrected chi connectivity index (χ2v) is 8.28. The number of benzene rings is 3. The van der Waals surface area contributed by atoms with Gasteiger partial charge in [0.25, 0.3) is 0 Å². The maximum absolute atomic E-state index is 12.9. The largest absolute Gasteiger partial charge is 0.334 e. The van der Waals surface area contributed by atoms with Crippen molar-refractivity contribution >= 4 is 34.2 Å². The molecule has 0 aliphatic carbocycles. The predicted molar refractivity (Wildman–Crippen MR) is 122 cm³/mol. The van der Waals surface area contributed by atoms with E-state index in [1.54, 1.807) is 23.9 Å². The Hall–Kier alpha value is -3.12. The number of aliphatic imine (C=N–C) groups is 1. The highest BCUT2D eigenvalue weighted by atomic mass is 32.2.